The minimum atomic E-state index is 0.0343. The Kier molecular flexibility index (Phi) is 5.83. The molecule has 0 spiro atoms. The normalized spacial score (nSPS) is 10.5. The van der Waals surface area contributed by atoms with Gasteiger partial charge in [-0.15, -0.1) is 0 Å². The van der Waals surface area contributed by atoms with Crippen LogP contribution < -0.4 is 10.1 Å². The molecule has 0 saturated heterocycles. The molecule has 0 fully saturated rings. The number of anilines is 1. The van der Waals surface area contributed by atoms with Crippen molar-refractivity contribution >= 4 is 27.5 Å². The van der Waals surface area contributed by atoms with E-state index in [2.05, 4.69) is 40.3 Å². The number of nitrogens with one attached hydrogen (secondary N) is 1. The van der Waals surface area contributed by atoms with E-state index in [1.807, 2.05) is 32.0 Å². The number of methoxy groups -OCH3 is 1. The lowest BCUT2D eigenvalue weighted by Crippen LogP contribution is -2.14. The van der Waals surface area contributed by atoms with Gasteiger partial charge in [-0.25, -0.2) is 0 Å². The molecule has 122 valence electrons. The summed E-state index contributed by atoms with van der Waals surface area (Å²) in [6.07, 6.45) is 1.14. The lowest BCUT2D eigenvalue weighted by molar-refractivity contribution is -0.116. The summed E-state index contributed by atoms with van der Waals surface area (Å²) >= 11 is 3.47. The molecule has 2 rings (SSSR count). The molecule has 0 radical (unpaired) electrons. The summed E-state index contributed by atoms with van der Waals surface area (Å²) in [4.78, 5) is 12.2. The van der Waals surface area contributed by atoms with Gasteiger partial charge in [-0.3, -0.25) is 4.79 Å². The van der Waals surface area contributed by atoms with Crippen molar-refractivity contribution in [2.75, 3.05) is 12.4 Å². The number of hydrogen-bond donors (Lipinski definition) is 1. The van der Waals surface area contributed by atoms with E-state index in [1.165, 1.54) is 5.56 Å². The minimum absolute atomic E-state index is 0.0343. The third-order valence-corrected chi connectivity index (χ3v) is 4.42. The largest absolute Gasteiger partial charge is 0.496 e. The Morgan fingerprint density at radius 2 is 1.78 bits per heavy atom. The molecular formula is C19H22BrNO2. The lowest BCUT2D eigenvalue weighted by atomic mass is 10.0. The maximum Gasteiger partial charge on any atom is 0.224 e. The van der Waals surface area contributed by atoms with E-state index >= 15 is 0 Å². The SMILES string of the molecule is COc1ccc(CCC(=O)Nc2c(C)cc(C)cc2C)cc1Br. The molecule has 0 aliphatic heterocycles. The predicted molar refractivity (Wildman–Crippen MR) is 98.3 cm³/mol. The van der Waals surface area contributed by atoms with Gasteiger partial charge in [0.05, 0.1) is 11.6 Å². The number of benzene rings is 2. The molecule has 0 atom stereocenters. The van der Waals surface area contributed by atoms with Crippen LogP contribution in [0.25, 0.3) is 0 Å². The average molecular weight is 376 g/mol. The fourth-order valence-electron chi connectivity index (χ4n) is 2.70. The van der Waals surface area contributed by atoms with Gasteiger partial charge in [0, 0.05) is 12.1 Å². The Morgan fingerprint density at radius 1 is 1.13 bits per heavy atom. The van der Waals surface area contributed by atoms with Crippen molar-refractivity contribution in [3.63, 3.8) is 0 Å². The Morgan fingerprint density at radius 3 is 2.35 bits per heavy atom. The van der Waals surface area contributed by atoms with Crippen molar-refractivity contribution in [2.45, 2.75) is 33.6 Å². The number of hydrogen-bond acceptors (Lipinski definition) is 2. The van der Waals surface area contributed by atoms with Gasteiger partial charge < -0.3 is 10.1 Å². The van der Waals surface area contributed by atoms with Crippen LogP contribution in [-0.2, 0) is 11.2 Å². The molecule has 4 heteroatoms. The van der Waals surface area contributed by atoms with E-state index in [-0.39, 0.29) is 5.91 Å². The average Bonchev–Trinajstić information content (AvgIpc) is 2.49. The van der Waals surface area contributed by atoms with Crippen molar-refractivity contribution in [2.24, 2.45) is 0 Å². The molecular weight excluding hydrogens is 354 g/mol. The third-order valence-electron chi connectivity index (χ3n) is 3.80. The Labute approximate surface area is 146 Å². The van der Waals surface area contributed by atoms with Crippen LogP contribution in [0.2, 0.25) is 0 Å². The summed E-state index contributed by atoms with van der Waals surface area (Å²) in [5.41, 5.74) is 5.44. The van der Waals surface area contributed by atoms with Crippen LogP contribution in [0.4, 0.5) is 5.69 Å². The van der Waals surface area contributed by atoms with E-state index in [9.17, 15) is 4.79 Å². The maximum atomic E-state index is 12.2. The molecule has 3 nitrogen and oxygen atoms in total. The summed E-state index contributed by atoms with van der Waals surface area (Å²) in [6.45, 7) is 6.11. The van der Waals surface area contributed by atoms with E-state index in [0.29, 0.717) is 12.8 Å². The second-order valence-electron chi connectivity index (χ2n) is 5.79. The van der Waals surface area contributed by atoms with Crippen LogP contribution in [-0.4, -0.2) is 13.0 Å². The molecule has 1 amide bonds. The van der Waals surface area contributed by atoms with Crippen molar-refractivity contribution in [1.29, 1.82) is 0 Å². The smallest absolute Gasteiger partial charge is 0.224 e. The van der Waals surface area contributed by atoms with E-state index < -0.39 is 0 Å². The van der Waals surface area contributed by atoms with E-state index in [4.69, 9.17) is 4.74 Å². The number of carbonyl (C=O) groups is 1. The van der Waals surface area contributed by atoms with Crippen LogP contribution in [0.15, 0.2) is 34.8 Å². The molecule has 0 saturated carbocycles. The first-order valence-electron chi connectivity index (χ1n) is 7.61. The van der Waals surface area contributed by atoms with E-state index in [1.54, 1.807) is 7.11 Å². The summed E-state index contributed by atoms with van der Waals surface area (Å²) < 4.78 is 6.12. The first-order valence-corrected chi connectivity index (χ1v) is 8.40. The molecule has 0 bridgehead atoms. The molecule has 0 aliphatic carbocycles. The molecule has 0 heterocycles. The zero-order valence-corrected chi connectivity index (χ0v) is 15.6. The molecule has 0 aliphatic rings. The van der Waals surface area contributed by atoms with Gasteiger partial charge in [-0.05, 0) is 71.9 Å². The molecule has 23 heavy (non-hydrogen) atoms. The fourth-order valence-corrected chi connectivity index (χ4v) is 3.29. The molecule has 1 N–H and O–H groups in total. The van der Waals surface area contributed by atoms with Crippen LogP contribution in [0.1, 0.15) is 28.7 Å². The number of rotatable bonds is 5. The van der Waals surface area contributed by atoms with Gasteiger partial charge in [0.2, 0.25) is 5.91 Å². The highest BCUT2D eigenvalue weighted by Gasteiger charge is 2.09. The number of ether oxygens (including phenoxy) is 1. The van der Waals surface area contributed by atoms with Gasteiger partial charge >= 0.3 is 0 Å². The van der Waals surface area contributed by atoms with Crippen LogP contribution in [0.3, 0.4) is 0 Å². The van der Waals surface area contributed by atoms with Crippen molar-refractivity contribution in [1.82, 2.24) is 0 Å². The van der Waals surface area contributed by atoms with Gasteiger partial charge in [-0.2, -0.15) is 0 Å². The summed E-state index contributed by atoms with van der Waals surface area (Å²) in [7, 11) is 1.64. The second kappa shape index (κ2) is 7.64. The van der Waals surface area contributed by atoms with Crippen molar-refractivity contribution in [3.8, 4) is 5.75 Å². The zero-order valence-electron chi connectivity index (χ0n) is 14.0. The monoisotopic (exact) mass is 375 g/mol. The molecule has 2 aromatic carbocycles. The first-order chi connectivity index (χ1) is 10.9. The fraction of sp³-hybridized carbons (Fsp3) is 0.316. The standard InChI is InChI=1S/C19H22BrNO2/c1-12-9-13(2)19(14(3)10-12)21-18(22)8-6-15-5-7-17(23-4)16(20)11-15/h5,7,9-11H,6,8H2,1-4H3,(H,21,22). The highest BCUT2D eigenvalue weighted by molar-refractivity contribution is 9.10. The topological polar surface area (TPSA) is 38.3 Å². The van der Waals surface area contributed by atoms with Crippen LogP contribution >= 0.6 is 15.9 Å². The van der Waals surface area contributed by atoms with Crippen molar-refractivity contribution in [3.05, 3.63) is 57.1 Å². The lowest BCUT2D eigenvalue weighted by Gasteiger charge is -2.13. The van der Waals surface area contributed by atoms with Gasteiger partial charge in [0.1, 0.15) is 5.75 Å². The first kappa shape index (κ1) is 17.5. The maximum absolute atomic E-state index is 12.2. The number of halogens is 1. The Hall–Kier alpha value is -1.81. The summed E-state index contributed by atoms with van der Waals surface area (Å²) in [5, 5.41) is 3.04. The Balaban J connectivity index is 1.99. The number of carbonyl (C=O) groups excluding carboxylic acids is 1. The van der Waals surface area contributed by atoms with Crippen molar-refractivity contribution < 1.29 is 9.53 Å². The van der Waals surface area contributed by atoms with Crippen LogP contribution in [0, 0.1) is 20.8 Å². The molecule has 2 aromatic rings. The summed E-state index contributed by atoms with van der Waals surface area (Å²) in [6, 6.07) is 10.1. The second-order valence-corrected chi connectivity index (χ2v) is 6.65. The van der Waals surface area contributed by atoms with Crippen LogP contribution in [0.5, 0.6) is 5.75 Å². The zero-order chi connectivity index (χ0) is 17.0. The third kappa shape index (κ3) is 4.58. The molecule has 0 unspecified atom stereocenters. The van der Waals surface area contributed by atoms with Gasteiger partial charge in [0.25, 0.3) is 0 Å². The highest BCUT2D eigenvalue weighted by atomic mass is 79.9. The number of aryl methyl sites for hydroxylation is 4. The molecule has 0 aromatic heterocycles. The number of amides is 1. The van der Waals surface area contributed by atoms with E-state index in [0.717, 1.165) is 32.6 Å². The minimum Gasteiger partial charge on any atom is -0.496 e. The predicted octanol–water partition coefficient (Wildman–Crippen LogP) is 4.95. The Bertz CT molecular complexity index is 702. The quantitative estimate of drug-likeness (QED) is 0.802. The highest BCUT2D eigenvalue weighted by Crippen LogP contribution is 2.26. The summed E-state index contributed by atoms with van der Waals surface area (Å²) in [5.74, 6) is 0.830. The van der Waals surface area contributed by atoms with Gasteiger partial charge in [0.15, 0.2) is 0 Å². The van der Waals surface area contributed by atoms with Gasteiger partial charge in [-0.1, -0.05) is 23.8 Å².